The van der Waals surface area contributed by atoms with Crippen molar-refractivity contribution in [3.63, 3.8) is 0 Å². The Morgan fingerprint density at radius 1 is 1.14 bits per heavy atom. The van der Waals surface area contributed by atoms with Gasteiger partial charge in [0.15, 0.2) is 0 Å². The van der Waals surface area contributed by atoms with Gasteiger partial charge in [-0.15, -0.1) is 0 Å². The van der Waals surface area contributed by atoms with Crippen molar-refractivity contribution in [2.75, 3.05) is 6.61 Å². The Morgan fingerprint density at radius 2 is 1.86 bits per heavy atom. The minimum absolute atomic E-state index is 0.640. The molecule has 1 rings (SSSR count). The highest BCUT2D eigenvalue weighted by molar-refractivity contribution is 5.35. The van der Waals surface area contributed by atoms with Gasteiger partial charge in [0.2, 0.25) is 0 Å². The van der Waals surface area contributed by atoms with Gasteiger partial charge in [0.1, 0.15) is 6.11 Å². The molecule has 0 aliphatic rings. The fourth-order valence-electron chi connectivity index (χ4n) is 1.21. The van der Waals surface area contributed by atoms with E-state index < -0.39 is 0 Å². The zero-order valence-electron chi connectivity index (χ0n) is 8.84. The SMILES string of the molecule is CCCc1ccc(C#COCC)cc1. The van der Waals surface area contributed by atoms with Gasteiger partial charge in [-0.25, -0.2) is 0 Å². The fraction of sp³-hybridized carbons (Fsp3) is 0.385. The molecule has 0 spiro atoms. The lowest BCUT2D eigenvalue weighted by Gasteiger charge is -1.97. The molecule has 0 saturated carbocycles. The molecule has 0 fully saturated rings. The molecule has 14 heavy (non-hydrogen) atoms. The first-order valence-corrected chi connectivity index (χ1v) is 5.08. The van der Waals surface area contributed by atoms with Crippen LogP contribution in [0.3, 0.4) is 0 Å². The van der Waals surface area contributed by atoms with Crippen LogP contribution < -0.4 is 0 Å². The van der Waals surface area contributed by atoms with Crippen LogP contribution in [0, 0.1) is 12.0 Å². The predicted octanol–water partition coefficient (Wildman–Crippen LogP) is 2.98. The van der Waals surface area contributed by atoms with E-state index in [4.69, 9.17) is 4.74 Å². The van der Waals surface area contributed by atoms with Gasteiger partial charge < -0.3 is 4.74 Å². The molecule has 1 nitrogen and oxygen atoms in total. The summed E-state index contributed by atoms with van der Waals surface area (Å²) in [6, 6.07) is 8.33. The summed E-state index contributed by atoms with van der Waals surface area (Å²) in [5.74, 6) is 2.94. The van der Waals surface area contributed by atoms with Crippen molar-refractivity contribution in [3.8, 4) is 12.0 Å². The van der Waals surface area contributed by atoms with Crippen LogP contribution in [0.2, 0.25) is 0 Å². The van der Waals surface area contributed by atoms with Gasteiger partial charge in [0.05, 0.1) is 6.61 Å². The van der Waals surface area contributed by atoms with Crippen LogP contribution in [-0.4, -0.2) is 6.61 Å². The standard InChI is InChI=1S/C13H16O/c1-3-5-12-6-8-13(9-7-12)10-11-14-4-2/h6-9H,3-5H2,1-2H3. The molecule has 74 valence electrons. The van der Waals surface area contributed by atoms with Gasteiger partial charge in [-0.2, -0.15) is 0 Å². The van der Waals surface area contributed by atoms with E-state index in [1.54, 1.807) is 0 Å². The first-order valence-electron chi connectivity index (χ1n) is 5.08. The molecule has 0 aromatic heterocycles. The van der Waals surface area contributed by atoms with Crippen molar-refractivity contribution in [2.24, 2.45) is 0 Å². The van der Waals surface area contributed by atoms with E-state index >= 15 is 0 Å². The Kier molecular flexibility index (Phi) is 4.64. The van der Waals surface area contributed by atoms with Gasteiger partial charge in [0, 0.05) is 5.56 Å². The van der Waals surface area contributed by atoms with Crippen molar-refractivity contribution in [3.05, 3.63) is 35.4 Å². The predicted molar refractivity (Wildman–Crippen MR) is 58.9 cm³/mol. The summed E-state index contributed by atoms with van der Waals surface area (Å²) in [4.78, 5) is 0. The van der Waals surface area contributed by atoms with E-state index in [0.29, 0.717) is 6.61 Å². The number of rotatable bonds is 3. The number of benzene rings is 1. The Bertz CT molecular complexity index is 313. The first-order chi connectivity index (χ1) is 6.86. The van der Waals surface area contributed by atoms with Crippen LogP contribution in [0.1, 0.15) is 31.4 Å². The van der Waals surface area contributed by atoms with Crippen LogP contribution in [-0.2, 0) is 11.2 Å². The Labute approximate surface area is 86.1 Å². The number of hydrogen-bond donors (Lipinski definition) is 0. The highest BCUT2D eigenvalue weighted by Crippen LogP contribution is 2.05. The van der Waals surface area contributed by atoms with Gasteiger partial charge in [-0.3, -0.25) is 0 Å². The summed E-state index contributed by atoms with van der Waals surface area (Å²) in [5.41, 5.74) is 2.38. The highest BCUT2D eigenvalue weighted by atomic mass is 16.5. The van der Waals surface area contributed by atoms with Crippen LogP contribution in [0.5, 0.6) is 0 Å². The third-order valence-corrected chi connectivity index (χ3v) is 1.90. The monoisotopic (exact) mass is 188 g/mol. The van der Waals surface area contributed by atoms with E-state index in [1.807, 2.05) is 19.1 Å². The van der Waals surface area contributed by atoms with Crippen molar-refractivity contribution < 1.29 is 4.74 Å². The zero-order valence-corrected chi connectivity index (χ0v) is 8.84. The fourth-order valence-corrected chi connectivity index (χ4v) is 1.21. The second-order valence-electron chi connectivity index (χ2n) is 3.11. The smallest absolute Gasteiger partial charge is 0.115 e. The molecule has 1 aromatic carbocycles. The van der Waals surface area contributed by atoms with E-state index in [9.17, 15) is 0 Å². The van der Waals surface area contributed by atoms with Gasteiger partial charge >= 0.3 is 0 Å². The summed E-state index contributed by atoms with van der Waals surface area (Å²) in [5, 5.41) is 0. The van der Waals surface area contributed by atoms with Gasteiger partial charge in [-0.05, 0) is 37.0 Å². The molecule has 0 atom stereocenters. The number of hydrogen-bond acceptors (Lipinski definition) is 1. The second-order valence-corrected chi connectivity index (χ2v) is 3.11. The third kappa shape index (κ3) is 3.53. The normalized spacial score (nSPS) is 9.00. The summed E-state index contributed by atoms with van der Waals surface area (Å²) in [6.45, 7) is 4.75. The van der Waals surface area contributed by atoms with Crippen LogP contribution in [0.25, 0.3) is 0 Å². The summed E-state index contributed by atoms with van der Waals surface area (Å²) < 4.78 is 4.95. The Morgan fingerprint density at radius 3 is 2.43 bits per heavy atom. The molecule has 1 heteroatoms. The molecule has 0 saturated heterocycles. The van der Waals surface area contributed by atoms with Gasteiger partial charge in [0.25, 0.3) is 0 Å². The lowest BCUT2D eigenvalue weighted by molar-refractivity contribution is 0.299. The molecule has 0 bridgehead atoms. The third-order valence-electron chi connectivity index (χ3n) is 1.90. The molecule has 0 heterocycles. The van der Waals surface area contributed by atoms with Crippen molar-refractivity contribution in [1.29, 1.82) is 0 Å². The van der Waals surface area contributed by atoms with Gasteiger partial charge in [-0.1, -0.05) is 25.5 Å². The van der Waals surface area contributed by atoms with E-state index in [1.165, 1.54) is 12.0 Å². The molecule has 1 aromatic rings. The highest BCUT2D eigenvalue weighted by Gasteiger charge is 1.90. The Hall–Kier alpha value is -1.42. The van der Waals surface area contributed by atoms with E-state index in [-0.39, 0.29) is 0 Å². The number of ether oxygens (including phenoxy) is 1. The molecule has 0 N–H and O–H groups in total. The maximum atomic E-state index is 4.95. The maximum Gasteiger partial charge on any atom is 0.115 e. The van der Waals surface area contributed by atoms with Crippen molar-refractivity contribution >= 4 is 0 Å². The summed E-state index contributed by atoms with van der Waals surface area (Å²) in [6.07, 6.45) is 4.98. The van der Waals surface area contributed by atoms with Crippen LogP contribution in [0.15, 0.2) is 24.3 Å². The van der Waals surface area contributed by atoms with E-state index in [2.05, 4.69) is 31.1 Å². The molecule has 0 radical (unpaired) electrons. The van der Waals surface area contributed by atoms with E-state index in [0.717, 1.165) is 12.0 Å². The lowest BCUT2D eigenvalue weighted by Crippen LogP contribution is -1.83. The second kappa shape index (κ2) is 6.10. The van der Waals surface area contributed by atoms with Crippen molar-refractivity contribution in [2.45, 2.75) is 26.7 Å². The number of aryl methyl sites for hydroxylation is 1. The topological polar surface area (TPSA) is 9.23 Å². The molecular weight excluding hydrogens is 172 g/mol. The summed E-state index contributed by atoms with van der Waals surface area (Å²) in [7, 11) is 0. The van der Waals surface area contributed by atoms with Crippen LogP contribution >= 0.6 is 0 Å². The largest absolute Gasteiger partial charge is 0.447 e. The minimum atomic E-state index is 0.640. The molecule has 0 aliphatic carbocycles. The molecular formula is C13H16O. The molecule has 0 aliphatic heterocycles. The zero-order chi connectivity index (χ0) is 10.2. The Balaban J connectivity index is 2.60. The van der Waals surface area contributed by atoms with Crippen molar-refractivity contribution in [1.82, 2.24) is 0 Å². The quantitative estimate of drug-likeness (QED) is 0.663. The maximum absolute atomic E-state index is 4.95. The lowest BCUT2D eigenvalue weighted by atomic mass is 10.1. The molecule has 0 amide bonds. The average Bonchev–Trinajstić information content (AvgIpc) is 2.21. The summed E-state index contributed by atoms with van der Waals surface area (Å²) >= 11 is 0. The van der Waals surface area contributed by atoms with Crippen LogP contribution in [0.4, 0.5) is 0 Å². The minimum Gasteiger partial charge on any atom is -0.447 e. The molecule has 0 unspecified atom stereocenters. The first kappa shape index (κ1) is 10.7. The average molecular weight is 188 g/mol.